The Morgan fingerprint density at radius 1 is 1.03 bits per heavy atom. The fraction of sp³-hybridized carbons (Fsp3) is 0.393. The highest BCUT2D eigenvalue weighted by atomic mass is 16.5. The lowest BCUT2D eigenvalue weighted by atomic mass is 10.1. The molecule has 9 nitrogen and oxygen atoms in total. The number of esters is 1. The van der Waals surface area contributed by atoms with Crippen molar-refractivity contribution >= 4 is 11.9 Å². The van der Waals surface area contributed by atoms with Gasteiger partial charge in [-0.3, -0.25) is 9.69 Å². The lowest BCUT2D eigenvalue weighted by molar-refractivity contribution is 0.00329. The van der Waals surface area contributed by atoms with Crippen LogP contribution in [0.2, 0.25) is 0 Å². The Hall–Kier alpha value is -3.69. The number of hydrogen-bond donors (Lipinski definition) is 0. The van der Waals surface area contributed by atoms with Crippen molar-refractivity contribution in [3.05, 3.63) is 82.2 Å². The molecule has 0 radical (unpaired) electrons. The molecule has 1 aliphatic heterocycles. The molecule has 0 aliphatic carbocycles. The zero-order valence-electron chi connectivity index (χ0n) is 21.7. The molecule has 0 spiro atoms. The number of methoxy groups -OCH3 is 2. The van der Waals surface area contributed by atoms with E-state index in [4.69, 9.17) is 18.7 Å². The normalized spacial score (nSPS) is 14.9. The summed E-state index contributed by atoms with van der Waals surface area (Å²) in [5.74, 6) is 0.917. The lowest BCUT2D eigenvalue weighted by Crippen LogP contribution is -2.49. The molecule has 1 aliphatic rings. The van der Waals surface area contributed by atoms with Crippen molar-refractivity contribution in [2.75, 3.05) is 46.9 Å². The number of benzene rings is 2. The second-order valence-electron chi connectivity index (χ2n) is 9.06. The molecule has 4 rings (SSSR count). The first kappa shape index (κ1) is 26.4. The van der Waals surface area contributed by atoms with Gasteiger partial charge in [0.25, 0.3) is 5.91 Å². The van der Waals surface area contributed by atoms with Crippen LogP contribution in [0.25, 0.3) is 0 Å². The molecular weight excluding hydrogens is 474 g/mol. The van der Waals surface area contributed by atoms with Crippen LogP contribution >= 0.6 is 0 Å². The molecule has 9 heteroatoms. The molecule has 2 aromatic carbocycles. The summed E-state index contributed by atoms with van der Waals surface area (Å²) in [6, 6.07) is 15.1. The monoisotopic (exact) mass is 507 g/mol. The Bertz CT molecular complexity index is 1200. The van der Waals surface area contributed by atoms with Gasteiger partial charge in [-0.25, -0.2) is 4.79 Å². The van der Waals surface area contributed by atoms with Crippen LogP contribution in [0.4, 0.5) is 0 Å². The summed E-state index contributed by atoms with van der Waals surface area (Å²) in [7, 11) is 3.01. The Kier molecular flexibility index (Phi) is 8.58. The number of nitrogens with zero attached hydrogens (tertiary/aromatic N) is 3. The van der Waals surface area contributed by atoms with Gasteiger partial charge in [0.05, 0.1) is 38.2 Å². The minimum absolute atomic E-state index is 0.0353. The highest BCUT2D eigenvalue weighted by Gasteiger charge is 2.28. The van der Waals surface area contributed by atoms with Gasteiger partial charge in [-0.1, -0.05) is 29.4 Å². The highest BCUT2D eigenvalue weighted by Crippen LogP contribution is 2.25. The van der Waals surface area contributed by atoms with Gasteiger partial charge in [0.2, 0.25) is 0 Å². The smallest absolute Gasteiger partial charge is 0.337 e. The van der Waals surface area contributed by atoms with Crippen LogP contribution in [0.1, 0.15) is 49.4 Å². The third-order valence-corrected chi connectivity index (χ3v) is 6.62. The van der Waals surface area contributed by atoms with Gasteiger partial charge >= 0.3 is 5.97 Å². The fourth-order valence-corrected chi connectivity index (χ4v) is 4.46. The third-order valence-electron chi connectivity index (χ3n) is 6.62. The van der Waals surface area contributed by atoms with Gasteiger partial charge in [0.1, 0.15) is 17.1 Å². The van der Waals surface area contributed by atoms with E-state index in [-0.39, 0.29) is 18.0 Å². The summed E-state index contributed by atoms with van der Waals surface area (Å²) >= 11 is 0. The van der Waals surface area contributed by atoms with Crippen LogP contribution in [-0.4, -0.2) is 73.8 Å². The number of carbonyl (C=O) groups is 2. The van der Waals surface area contributed by atoms with Gasteiger partial charge in [0, 0.05) is 32.7 Å². The predicted octanol–water partition coefficient (Wildman–Crippen LogP) is 3.80. The molecule has 1 fully saturated rings. The first-order valence-electron chi connectivity index (χ1n) is 12.3. The van der Waals surface area contributed by atoms with Crippen LogP contribution in [0.3, 0.4) is 0 Å². The van der Waals surface area contributed by atoms with Crippen molar-refractivity contribution in [1.29, 1.82) is 0 Å². The maximum atomic E-state index is 13.0. The minimum Gasteiger partial charge on any atom is -0.497 e. The maximum absolute atomic E-state index is 13.0. The van der Waals surface area contributed by atoms with Crippen molar-refractivity contribution in [1.82, 2.24) is 15.0 Å². The molecular formula is C28H33N3O6. The Labute approximate surface area is 216 Å². The van der Waals surface area contributed by atoms with E-state index >= 15 is 0 Å². The molecule has 1 amide bonds. The summed E-state index contributed by atoms with van der Waals surface area (Å²) in [5, 5.41) is 3.91. The number of amides is 1. The van der Waals surface area contributed by atoms with Gasteiger partial charge in [-0.2, -0.15) is 0 Å². The Morgan fingerprint density at radius 2 is 1.76 bits per heavy atom. The van der Waals surface area contributed by atoms with Crippen LogP contribution in [0.15, 0.2) is 53.1 Å². The summed E-state index contributed by atoms with van der Waals surface area (Å²) in [6.45, 7) is 7.29. The van der Waals surface area contributed by atoms with Crippen molar-refractivity contribution in [3.63, 3.8) is 0 Å². The first-order valence-corrected chi connectivity index (χ1v) is 12.3. The largest absolute Gasteiger partial charge is 0.497 e. The molecule has 1 saturated heterocycles. The van der Waals surface area contributed by atoms with Crippen molar-refractivity contribution in [3.8, 4) is 5.75 Å². The number of piperazine rings is 1. The third kappa shape index (κ3) is 6.36. The van der Waals surface area contributed by atoms with Crippen molar-refractivity contribution in [2.45, 2.75) is 26.6 Å². The maximum Gasteiger partial charge on any atom is 0.337 e. The van der Waals surface area contributed by atoms with Crippen molar-refractivity contribution < 1.29 is 28.3 Å². The summed E-state index contributed by atoms with van der Waals surface area (Å²) in [5.41, 5.74) is 3.65. The lowest BCUT2D eigenvalue weighted by Gasteiger charge is -2.36. The highest BCUT2D eigenvalue weighted by molar-refractivity contribution is 5.96. The first-order chi connectivity index (χ1) is 17.9. The average molecular weight is 508 g/mol. The van der Waals surface area contributed by atoms with Crippen LogP contribution in [-0.2, 0) is 16.1 Å². The standard InChI is InChI=1S/C28H33N3O6/c1-19-26(20(2)37-29-19)27(32)31-14-12-30(13-15-31)17-25(23-6-5-7-24(16-23)34-3)36-18-21-8-10-22(11-9-21)28(33)35-4/h5-11,16,25H,12-15,17-18H2,1-4H3. The Balaban J connectivity index is 1.41. The number of carbonyl (C=O) groups excluding carboxylic acids is 2. The predicted molar refractivity (Wildman–Crippen MR) is 137 cm³/mol. The molecule has 1 atom stereocenters. The molecule has 1 unspecified atom stereocenters. The molecule has 2 heterocycles. The van der Waals surface area contributed by atoms with E-state index in [1.165, 1.54) is 7.11 Å². The molecule has 0 saturated carbocycles. The number of ether oxygens (including phenoxy) is 3. The number of aryl methyl sites for hydroxylation is 2. The van der Waals surface area contributed by atoms with Crippen LogP contribution in [0.5, 0.6) is 5.75 Å². The molecule has 0 N–H and O–H groups in total. The van der Waals surface area contributed by atoms with Gasteiger partial charge in [0.15, 0.2) is 0 Å². The van der Waals surface area contributed by atoms with E-state index in [0.717, 1.165) is 30.0 Å². The van der Waals surface area contributed by atoms with E-state index in [9.17, 15) is 9.59 Å². The van der Waals surface area contributed by atoms with E-state index in [1.807, 2.05) is 41.3 Å². The summed E-state index contributed by atoms with van der Waals surface area (Å²) in [6.07, 6.45) is -0.208. The number of aromatic nitrogens is 1. The zero-order chi connectivity index (χ0) is 26.4. The van der Waals surface area contributed by atoms with E-state index in [2.05, 4.69) is 10.1 Å². The molecule has 1 aromatic heterocycles. The molecule has 3 aromatic rings. The zero-order valence-corrected chi connectivity index (χ0v) is 21.7. The number of hydrogen-bond acceptors (Lipinski definition) is 8. The quantitative estimate of drug-likeness (QED) is 0.404. The van der Waals surface area contributed by atoms with E-state index < -0.39 is 0 Å². The van der Waals surface area contributed by atoms with Gasteiger partial charge < -0.3 is 23.6 Å². The fourth-order valence-electron chi connectivity index (χ4n) is 4.46. The second-order valence-corrected chi connectivity index (χ2v) is 9.06. The van der Waals surface area contributed by atoms with Crippen molar-refractivity contribution in [2.24, 2.45) is 0 Å². The summed E-state index contributed by atoms with van der Waals surface area (Å²) < 4.78 is 21.8. The average Bonchev–Trinajstić information content (AvgIpc) is 3.28. The Morgan fingerprint density at radius 3 is 2.38 bits per heavy atom. The van der Waals surface area contributed by atoms with E-state index in [0.29, 0.717) is 48.8 Å². The number of rotatable bonds is 9. The SMILES string of the molecule is COC(=O)c1ccc(COC(CN2CCN(C(=O)c3c(C)noc3C)CC2)c2cccc(OC)c2)cc1. The minimum atomic E-state index is -0.367. The topological polar surface area (TPSA) is 94.3 Å². The van der Waals surface area contributed by atoms with E-state index in [1.54, 1.807) is 33.1 Å². The second kappa shape index (κ2) is 12.0. The molecule has 37 heavy (non-hydrogen) atoms. The van der Waals surface area contributed by atoms with Gasteiger partial charge in [-0.05, 0) is 49.2 Å². The van der Waals surface area contributed by atoms with Crippen LogP contribution < -0.4 is 4.74 Å². The molecule has 196 valence electrons. The van der Waals surface area contributed by atoms with Crippen LogP contribution in [0, 0.1) is 13.8 Å². The van der Waals surface area contributed by atoms with Gasteiger partial charge in [-0.15, -0.1) is 0 Å². The summed E-state index contributed by atoms with van der Waals surface area (Å²) in [4.78, 5) is 28.9. The molecule has 0 bridgehead atoms.